The largest absolute Gasteiger partial charge is 0.467 e. The van der Waals surface area contributed by atoms with E-state index in [2.05, 4.69) is 5.32 Å². The maximum absolute atomic E-state index is 13.7. The molecule has 2 amide bonds. The number of methoxy groups -OCH3 is 1. The third-order valence-electron chi connectivity index (χ3n) is 5.73. The predicted molar refractivity (Wildman–Crippen MR) is 120 cm³/mol. The third kappa shape index (κ3) is 7.86. The lowest BCUT2D eigenvalue weighted by atomic mass is 9.83. The van der Waals surface area contributed by atoms with Crippen molar-refractivity contribution in [3.05, 3.63) is 0 Å². The number of aliphatic hydroxyl groups excluding tert-OH is 1. The number of amides is 2. The Morgan fingerprint density at radius 2 is 1.87 bits per heavy atom. The number of nitrogens with one attached hydrogen (secondary N) is 1. The Bertz CT molecular complexity index is 618. The fourth-order valence-corrected chi connectivity index (χ4v) is 5.51. The molecule has 0 aromatic rings. The van der Waals surface area contributed by atoms with Gasteiger partial charge in [-0.15, -0.1) is 0 Å². The predicted octanol–water partition coefficient (Wildman–Crippen LogP) is 2.72. The first-order valence-electron chi connectivity index (χ1n) is 11.3. The lowest BCUT2D eigenvalue weighted by Gasteiger charge is -2.34. The van der Waals surface area contributed by atoms with E-state index in [4.69, 9.17) is 14.6 Å². The van der Waals surface area contributed by atoms with Crippen LogP contribution in [0.2, 0.25) is 0 Å². The van der Waals surface area contributed by atoms with E-state index in [1.165, 1.54) is 7.11 Å². The van der Waals surface area contributed by atoms with E-state index in [9.17, 15) is 14.4 Å². The van der Waals surface area contributed by atoms with E-state index < -0.39 is 29.7 Å². The zero-order valence-corrected chi connectivity index (χ0v) is 20.0. The van der Waals surface area contributed by atoms with Crippen LogP contribution < -0.4 is 5.32 Å². The number of aliphatic hydroxyl groups is 1. The molecule has 1 aliphatic carbocycles. The lowest BCUT2D eigenvalue weighted by Crippen LogP contribution is -2.55. The number of likely N-dealkylation sites (tertiary alicyclic amines) is 1. The van der Waals surface area contributed by atoms with E-state index in [0.29, 0.717) is 19.4 Å². The molecule has 1 aliphatic heterocycles. The van der Waals surface area contributed by atoms with Crippen molar-refractivity contribution in [2.75, 3.05) is 26.0 Å². The molecular weight excluding hydrogens is 420 g/mol. The monoisotopic (exact) mass is 458 g/mol. The molecule has 2 aliphatic rings. The second kappa shape index (κ2) is 11.9. The van der Waals surface area contributed by atoms with Gasteiger partial charge < -0.3 is 24.8 Å². The molecule has 9 heteroatoms. The van der Waals surface area contributed by atoms with Crippen LogP contribution in [0.5, 0.6) is 0 Å². The van der Waals surface area contributed by atoms with Crippen molar-refractivity contribution in [1.82, 2.24) is 10.2 Å². The molecule has 2 N–H and O–H groups in total. The number of thioether (sulfide) groups is 1. The van der Waals surface area contributed by atoms with E-state index in [1.54, 1.807) is 37.4 Å². The Hall–Kier alpha value is -1.48. The fraction of sp³-hybridized carbons (Fsp3) is 0.864. The number of carbonyl (C=O) groups is 3. The van der Waals surface area contributed by atoms with Gasteiger partial charge in [0.15, 0.2) is 0 Å². The molecule has 2 fully saturated rings. The van der Waals surface area contributed by atoms with Gasteiger partial charge in [-0.1, -0.05) is 19.3 Å². The quantitative estimate of drug-likeness (QED) is 0.426. The molecule has 178 valence electrons. The Morgan fingerprint density at radius 1 is 1.19 bits per heavy atom. The van der Waals surface area contributed by atoms with Crippen molar-refractivity contribution in [3.8, 4) is 0 Å². The van der Waals surface area contributed by atoms with Crippen LogP contribution in [-0.2, 0) is 19.1 Å². The smallest absolute Gasteiger partial charge is 0.408 e. The molecule has 31 heavy (non-hydrogen) atoms. The second-order valence-electron chi connectivity index (χ2n) is 9.36. The molecule has 0 aromatic carbocycles. The Labute approximate surface area is 189 Å². The van der Waals surface area contributed by atoms with Crippen molar-refractivity contribution in [2.45, 2.75) is 88.7 Å². The number of hydrogen-bond acceptors (Lipinski definition) is 7. The summed E-state index contributed by atoms with van der Waals surface area (Å²) in [5.74, 6) is 0.115. The van der Waals surface area contributed by atoms with Gasteiger partial charge in [0.25, 0.3) is 0 Å². The molecule has 1 saturated carbocycles. The molecule has 0 radical (unpaired) electrons. The number of nitrogens with zero attached hydrogens (tertiary/aromatic N) is 1. The average molecular weight is 459 g/mol. The van der Waals surface area contributed by atoms with Crippen LogP contribution in [0.15, 0.2) is 0 Å². The van der Waals surface area contributed by atoms with E-state index in [1.807, 2.05) is 0 Å². The van der Waals surface area contributed by atoms with Crippen LogP contribution in [0.1, 0.15) is 65.7 Å². The number of esters is 1. The lowest BCUT2D eigenvalue weighted by molar-refractivity contribution is -0.152. The zero-order chi connectivity index (χ0) is 23.0. The number of hydrogen-bond donors (Lipinski definition) is 2. The van der Waals surface area contributed by atoms with Gasteiger partial charge in [0.05, 0.1) is 7.11 Å². The minimum atomic E-state index is -0.719. The SMILES string of the molecule is COC(=O)[C@H]1C[C@@H](SCCCO)CN1C(=O)[C@@H](NC(=O)OC(C)(C)C)C1CCCCC1. The topological polar surface area (TPSA) is 105 Å². The van der Waals surface area contributed by atoms with Crippen LogP contribution in [0.25, 0.3) is 0 Å². The summed E-state index contributed by atoms with van der Waals surface area (Å²) in [4.78, 5) is 40.2. The molecular formula is C22H38N2O6S. The molecule has 0 aromatic heterocycles. The summed E-state index contributed by atoms with van der Waals surface area (Å²) in [5, 5.41) is 11.9. The average Bonchev–Trinajstić information content (AvgIpc) is 3.14. The fourth-order valence-electron chi connectivity index (χ4n) is 4.30. The van der Waals surface area contributed by atoms with E-state index in [0.717, 1.165) is 37.9 Å². The summed E-state index contributed by atoms with van der Waals surface area (Å²) in [6.07, 6.45) is 5.45. The molecule has 0 unspecified atom stereocenters. The second-order valence-corrected chi connectivity index (χ2v) is 10.8. The molecule has 0 bridgehead atoms. The van der Waals surface area contributed by atoms with Gasteiger partial charge in [-0.25, -0.2) is 9.59 Å². The van der Waals surface area contributed by atoms with Crippen LogP contribution in [0.4, 0.5) is 4.79 Å². The van der Waals surface area contributed by atoms with Crippen molar-refractivity contribution in [2.24, 2.45) is 5.92 Å². The molecule has 0 spiro atoms. The van der Waals surface area contributed by atoms with Gasteiger partial charge in [0.1, 0.15) is 17.7 Å². The Balaban J connectivity index is 2.18. The zero-order valence-electron chi connectivity index (χ0n) is 19.2. The third-order valence-corrected chi connectivity index (χ3v) is 7.07. The standard InChI is InChI=1S/C22H38N2O6S/c1-22(2,3)30-21(28)23-18(15-9-6-5-7-10-15)19(26)24-14-16(31-12-8-11-25)13-17(24)20(27)29-4/h15-18,25H,5-14H2,1-4H3,(H,23,28)/t16-,17-,18+/m1/s1. The number of rotatable bonds is 8. The van der Waals surface area contributed by atoms with Gasteiger partial charge in [0, 0.05) is 18.4 Å². The van der Waals surface area contributed by atoms with E-state index in [-0.39, 0.29) is 23.7 Å². The highest BCUT2D eigenvalue weighted by Crippen LogP contribution is 2.32. The van der Waals surface area contributed by atoms with Crippen molar-refractivity contribution in [1.29, 1.82) is 0 Å². The van der Waals surface area contributed by atoms with Crippen LogP contribution in [0.3, 0.4) is 0 Å². The molecule has 3 atom stereocenters. The highest BCUT2D eigenvalue weighted by Gasteiger charge is 2.44. The van der Waals surface area contributed by atoms with Gasteiger partial charge in [-0.3, -0.25) is 4.79 Å². The number of carbonyl (C=O) groups excluding carboxylic acids is 3. The van der Waals surface area contributed by atoms with Crippen LogP contribution in [0, 0.1) is 5.92 Å². The molecule has 1 heterocycles. The van der Waals surface area contributed by atoms with Gasteiger partial charge in [-0.05, 0) is 58.1 Å². The first kappa shape index (κ1) is 25.8. The van der Waals surface area contributed by atoms with E-state index >= 15 is 0 Å². The minimum Gasteiger partial charge on any atom is -0.467 e. The maximum Gasteiger partial charge on any atom is 0.408 e. The highest BCUT2D eigenvalue weighted by atomic mass is 32.2. The summed E-state index contributed by atoms with van der Waals surface area (Å²) < 4.78 is 10.4. The molecule has 2 rings (SSSR count). The van der Waals surface area contributed by atoms with Crippen LogP contribution >= 0.6 is 11.8 Å². The maximum atomic E-state index is 13.7. The molecule has 1 saturated heterocycles. The highest BCUT2D eigenvalue weighted by molar-refractivity contribution is 7.99. The minimum absolute atomic E-state index is 0.0214. The van der Waals surface area contributed by atoms with Crippen molar-refractivity contribution >= 4 is 29.7 Å². The first-order valence-corrected chi connectivity index (χ1v) is 12.3. The Kier molecular flexibility index (Phi) is 9.93. The normalized spacial score (nSPS) is 23.3. The number of alkyl carbamates (subject to hydrolysis) is 1. The summed E-state index contributed by atoms with van der Waals surface area (Å²) in [6.45, 7) is 5.89. The van der Waals surface area contributed by atoms with Gasteiger partial charge >= 0.3 is 12.1 Å². The summed E-state index contributed by atoms with van der Waals surface area (Å²) >= 11 is 1.66. The Morgan fingerprint density at radius 3 is 2.45 bits per heavy atom. The van der Waals surface area contributed by atoms with Gasteiger partial charge in [0.2, 0.25) is 5.91 Å². The number of ether oxygens (including phenoxy) is 2. The van der Waals surface area contributed by atoms with Crippen molar-refractivity contribution in [3.63, 3.8) is 0 Å². The molecule has 8 nitrogen and oxygen atoms in total. The summed E-state index contributed by atoms with van der Waals surface area (Å²) in [5.41, 5.74) is -0.666. The first-order chi connectivity index (χ1) is 14.7. The van der Waals surface area contributed by atoms with Crippen molar-refractivity contribution < 1.29 is 29.0 Å². The van der Waals surface area contributed by atoms with Crippen LogP contribution in [-0.4, -0.2) is 76.9 Å². The van der Waals surface area contributed by atoms with Gasteiger partial charge in [-0.2, -0.15) is 11.8 Å². The summed E-state index contributed by atoms with van der Waals surface area (Å²) in [6, 6.07) is -1.38. The summed E-state index contributed by atoms with van der Waals surface area (Å²) in [7, 11) is 1.33.